The number of aryl methyl sites for hydroxylation is 2. The van der Waals surface area contributed by atoms with Crippen LogP contribution < -0.4 is 19.6 Å². The van der Waals surface area contributed by atoms with Crippen LogP contribution in [0.3, 0.4) is 0 Å². The van der Waals surface area contributed by atoms with E-state index < -0.39 is 0 Å². The Labute approximate surface area is 518 Å². The van der Waals surface area contributed by atoms with Crippen LogP contribution in [0.1, 0.15) is 11.1 Å². The van der Waals surface area contributed by atoms with Crippen molar-refractivity contribution in [1.29, 1.82) is 0 Å². The summed E-state index contributed by atoms with van der Waals surface area (Å²) >= 11 is 0. The van der Waals surface area contributed by atoms with Gasteiger partial charge in [0.05, 0.1) is 11.4 Å². The van der Waals surface area contributed by atoms with Gasteiger partial charge in [-0.15, -0.1) is 0 Å². The van der Waals surface area contributed by atoms with Crippen molar-refractivity contribution in [3.05, 3.63) is 351 Å². The molecule has 0 aromatic heterocycles. The summed E-state index contributed by atoms with van der Waals surface area (Å²) in [6.45, 7) is 4.25. The van der Waals surface area contributed by atoms with E-state index in [1.54, 1.807) is 0 Å². The van der Waals surface area contributed by atoms with Crippen molar-refractivity contribution in [3.8, 4) is 44.5 Å². The fraction of sp³-hybridized carbons (Fsp3) is 0.0476. The number of rotatable bonds is 14. The zero-order valence-electron chi connectivity index (χ0n) is 50.1. The van der Waals surface area contributed by atoms with Crippen molar-refractivity contribution in [2.24, 2.45) is 0 Å². The summed E-state index contributed by atoms with van der Waals surface area (Å²) in [6.07, 6.45) is 0. The summed E-state index contributed by atoms with van der Waals surface area (Å²) in [6, 6.07) is 122. The number of anilines is 10. The quantitative estimate of drug-likeness (QED) is 0.108. The van der Waals surface area contributed by atoms with Crippen LogP contribution in [0.25, 0.3) is 66.1 Å². The molecule has 424 valence electrons. The van der Waals surface area contributed by atoms with Crippen molar-refractivity contribution in [2.75, 3.05) is 33.7 Å². The molecule has 0 amide bonds. The summed E-state index contributed by atoms with van der Waals surface area (Å²) in [4.78, 5) is 9.19. The van der Waals surface area contributed by atoms with Crippen LogP contribution in [0, 0.1) is 13.8 Å². The Hall–Kier alpha value is -11.2. The molecule has 0 bridgehead atoms. The molecular formula is C84H68N4. The minimum Gasteiger partial charge on any atom is -0.345 e. The fourth-order valence-electron chi connectivity index (χ4n) is 11.8. The highest BCUT2D eigenvalue weighted by atomic mass is 15.2. The first-order chi connectivity index (χ1) is 43.3. The van der Waals surface area contributed by atoms with E-state index in [2.05, 4.69) is 387 Å². The molecule has 4 nitrogen and oxygen atoms in total. The monoisotopic (exact) mass is 1130 g/mol. The number of hydrogen-bond acceptors (Lipinski definition) is 4. The van der Waals surface area contributed by atoms with Crippen LogP contribution in [0.15, 0.2) is 340 Å². The largest absolute Gasteiger partial charge is 0.345 e. The molecule has 0 spiro atoms. The van der Waals surface area contributed by atoms with Gasteiger partial charge in [0.1, 0.15) is 0 Å². The molecule has 0 unspecified atom stereocenters. The van der Waals surface area contributed by atoms with Crippen molar-refractivity contribution in [3.63, 3.8) is 0 Å². The third-order valence-electron chi connectivity index (χ3n) is 16.7. The molecule has 14 rings (SSSR count). The molecule has 0 fully saturated rings. The van der Waals surface area contributed by atoms with E-state index in [0.29, 0.717) is 0 Å². The molecule has 0 heterocycles. The fourth-order valence-corrected chi connectivity index (χ4v) is 11.8. The smallest absolute Gasteiger partial charge is 0.0540 e. The zero-order chi connectivity index (χ0) is 59.8. The molecule has 0 N–H and O–H groups in total. The molecule has 0 aliphatic carbocycles. The van der Waals surface area contributed by atoms with Gasteiger partial charge in [-0.25, -0.2) is 0 Å². The summed E-state index contributed by atoms with van der Waals surface area (Å²) in [7, 11) is 4.23. The van der Waals surface area contributed by atoms with Gasteiger partial charge in [0, 0.05) is 70.4 Å². The van der Waals surface area contributed by atoms with E-state index in [0.717, 1.165) is 45.5 Å². The van der Waals surface area contributed by atoms with Crippen LogP contribution in [0.2, 0.25) is 0 Å². The molecule has 0 aliphatic heterocycles. The lowest BCUT2D eigenvalue weighted by Gasteiger charge is -2.27. The summed E-state index contributed by atoms with van der Waals surface area (Å²) < 4.78 is 0. The lowest BCUT2D eigenvalue weighted by Crippen LogP contribution is -2.10. The first-order valence-electron chi connectivity index (χ1n) is 30.2. The van der Waals surface area contributed by atoms with Crippen molar-refractivity contribution < 1.29 is 0 Å². The highest BCUT2D eigenvalue weighted by molar-refractivity contribution is 6.01. The topological polar surface area (TPSA) is 13.0 Å². The van der Waals surface area contributed by atoms with Crippen LogP contribution in [0.5, 0.6) is 0 Å². The molecule has 0 aliphatic rings. The third kappa shape index (κ3) is 12.2. The molecule has 88 heavy (non-hydrogen) atoms. The Bertz CT molecular complexity index is 4630. The molecule has 0 radical (unpaired) electrons. The lowest BCUT2D eigenvalue weighted by atomic mass is 10.0. The highest BCUT2D eigenvalue weighted by Gasteiger charge is 2.19. The SMILES string of the molecule is Cc1ccc(N(C)c2ccc(-c3ccc(N(c4cccc(-c5ccccc5)c4)c4cccc5ccccc45)cc3)cc2)cc1.Cc1cccc(N(C)c2ccc(-c3ccc(N(c4cccc(-c5ccccc5)c4)c4cccc5ccccc45)cc3)cc2)c1. The van der Waals surface area contributed by atoms with Crippen molar-refractivity contribution in [1.82, 2.24) is 0 Å². The van der Waals surface area contributed by atoms with E-state index in [9.17, 15) is 0 Å². The molecule has 0 atom stereocenters. The third-order valence-corrected chi connectivity index (χ3v) is 16.7. The Morgan fingerprint density at radius 1 is 0.193 bits per heavy atom. The molecule has 0 saturated carbocycles. The molecule has 14 aromatic carbocycles. The predicted octanol–water partition coefficient (Wildman–Crippen LogP) is 23.4. The highest BCUT2D eigenvalue weighted by Crippen LogP contribution is 2.43. The number of hydrogen-bond donors (Lipinski definition) is 0. The van der Waals surface area contributed by atoms with Crippen molar-refractivity contribution in [2.45, 2.75) is 13.8 Å². The van der Waals surface area contributed by atoms with Crippen LogP contribution in [-0.2, 0) is 0 Å². The van der Waals surface area contributed by atoms with Crippen LogP contribution >= 0.6 is 0 Å². The summed E-state index contributed by atoms with van der Waals surface area (Å²) in [5, 5.41) is 4.89. The Kier molecular flexibility index (Phi) is 16.3. The van der Waals surface area contributed by atoms with Gasteiger partial charge < -0.3 is 19.6 Å². The van der Waals surface area contributed by atoms with Gasteiger partial charge in [-0.3, -0.25) is 0 Å². The Morgan fingerprint density at radius 2 is 0.500 bits per heavy atom. The summed E-state index contributed by atoms with van der Waals surface area (Å²) in [5.41, 5.74) is 23.6. The van der Waals surface area contributed by atoms with Crippen LogP contribution in [0.4, 0.5) is 56.9 Å². The Balaban J connectivity index is 0.000000162. The van der Waals surface area contributed by atoms with Gasteiger partial charge in [-0.05, 0) is 184 Å². The van der Waals surface area contributed by atoms with Crippen LogP contribution in [-0.4, -0.2) is 14.1 Å². The maximum absolute atomic E-state index is 2.37. The molecule has 4 heteroatoms. The first-order valence-corrected chi connectivity index (χ1v) is 30.2. The van der Waals surface area contributed by atoms with Gasteiger partial charge >= 0.3 is 0 Å². The number of fused-ring (bicyclic) bond motifs is 2. The molecule has 0 saturated heterocycles. The maximum atomic E-state index is 2.37. The van der Waals surface area contributed by atoms with Gasteiger partial charge in [-0.1, -0.05) is 236 Å². The minimum absolute atomic E-state index is 1.12. The molecule has 14 aromatic rings. The normalized spacial score (nSPS) is 11.0. The van der Waals surface area contributed by atoms with E-state index in [1.807, 2.05) is 0 Å². The average Bonchev–Trinajstić information content (AvgIpc) is 1.76. The number of nitrogens with zero attached hydrogens (tertiary/aromatic N) is 4. The second-order valence-corrected chi connectivity index (χ2v) is 22.5. The zero-order valence-corrected chi connectivity index (χ0v) is 50.1. The van der Waals surface area contributed by atoms with Gasteiger partial charge in [0.25, 0.3) is 0 Å². The van der Waals surface area contributed by atoms with Crippen molar-refractivity contribution >= 4 is 78.4 Å². The second-order valence-electron chi connectivity index (χ2n) is 22.5. The summed E-state index contributed by atoms with van der Waals surface area (Å²) in [5.74, 6) is 0. The average molecular weight is 1130 g/mol. The maximum Gasteiger partial charge on any atom is 0.0540 e. The standard InChI is InChI=1S/2C42H34N2/c1-31-11-8-17-39(29-31)43(2)37-25-21-33(22-26-37)34-23-27-38(28-24-34)44(42-20-10-15-35-14-6-7-19-41(35)42)40-18-9-16-36(30-40)32-12-4-3-5-13-32;1-31-18-24-37(25-19-31)43(2)38-26-20-33(21-27-38)34-22-28-39(29-23-34)44(42-17-9-13-35-12-6-7-16-41(35)42)40-15-8-14-36(30-40)32-10-4-3-5-11-32/h2*3-30H,1-2H3. The van der Waals surface area contributed by atoms with E-state index in [-0.39, 0.29) is 0 Å². The van der Waals surface area contributed by atoms with Gasteiger partial charge in [0.2, 0.25) is 0 Å². The van der Waals surface area contributed by atoms with Gasteiger partial charge in [-0.2, -0.15) is 0 Å². The lowest BCUT2D eigenvalue weighted by molar-refractivity contribution is 1.20. The molecular weight excluding hydrogens is 1060 g/mol. The van der Waals surface area contributed by atoms with Gasteiger partial charge in [0.15, 0.2) is 0 Å². The first kappa shape index (κ1) is 56.0. The minimum atomic E-state index is 1.12. The van der Waals surface area contributed by atoms with E-state index >= 15 is 0 Å². The predicted molar refractivity (Wildman–Crippen MR) is 377 cm³/mol. The number of benzene rings is 14. The van der Waals surface area contributed by atoms with E-state index in [4.69, 9.17) is 0 Å². The van der Waals surface area contributed by atoms with E-state index in [1.165, 1.54) is 88.6 Å². The Morgan fingerprint density at radius 3 is 0.920 bits per heavy atom. The second kappa shape index (κ2) is 25.6.